The molecule has 0 radical (unpaired) electrons. The molecule has 1 heterocycles. The van der Waals surface area contributed by atoms with Crippen molar-refractivity contribution in [3.8, 4) is 0 Å². The molecule has 2 atom stereocenters. The van der Waals surface area contributed by atoms with Gasteiger partial charge in [0.25, 0.3) is 0 Å². The molecule has 0 amide bonds. The second-order valence-electron chi connectivity index (χ2n) is 6.15. The summed E-state index contributed by atoms with van der Waals surface area (Å²) in [5.74, 6) is 0. The molecule has 0 aromatic carbocycles. The van der Waals surface area contributed by atoms with Crippen molar-refractivity contribution < 1.29 is 0 Å². The summed E-state index contributed by atoms with van der Waals surface area (Å²) in [6, 6.07) is 1.22. The Kier molecular flexibility index (Phi) is 3.36. The van der Waals surface area contributed by atoms with Gasteiger partial charge in [-0.2, -0.15) is 0 Å². The quantitative estimate of drug-likeness (QED) is 0.720. The van der Waals surface area contributed by atoms with E-state index in [4.69, 9.17) is 5.73 Å². The highest BCUT2D eigenvalue weighted by atomic mass is 15.2. The number of rotatable bonds is 1. The van der Waals surface area contributed by atoms with E-state index in [1.54, 1.807) is 0 Å². The molecule has 2 fully saturated rings. The minimum absolute atomic E-state index is 0.427. The fourth-order valence-corrected chi connectivity index (χ4v) is 3.48. The predicted molar refractivity (Wildman–Crippen MR) is 64.8 cm³/mol. The average molecular weight is 210 g/mol. The van der Waals surface area contributed by atoms with Gasteiger partial charge in [0.1, 0.15) is 0 Å². The van der Waals surface area contributed by atoms with Crippen molar-refractivity contribution in [2.75, 3.05) is 13.1 Å². The zero-order chi connectivity index (χ0) is 10.9. The Morgan fingerprint density at radius 3 is 2.60 bits per heavy atom. The van der Waals surface area contributed by atoms with Crippen molar-refractivity contribution in [2.24, 2.45) is 11.1 Å². The van der Waals surface area contributed by atoms with Gasteiger partial charge in [0.15, 0.2) is 0 Å². The largest absolute Gasteiger partial charge is 0.327 e. The van der Waals surface area contributed by atoms with E-state index in [2.05, 4.69) is 18.7 Å². The lowest BCUT2D eigenvalue weighted by Crippen LogP contribution is -2.53. The highest BCUT2D eigenvalue weighted by Gasteiger charge is 2.37. The summed E-state index contributed by atoms with van der Waals surface area (Å²) < 4.78 is 0. The van der Waals surface area contributed by atoms with Crippen LogP contribution in [0.3, 0.4) is 0 Å². The third-order valence-electron chi connectivity index (χ3n) is 4.38. The molecule has 1 saturated heterocycles. The smallest absolute Gasteiger partial charge is 0.0168 e. The van der Waals surface area contributed by atoms with E-state index < -0.39 is 0 Å². The zero-order valence-electron chi connectivity index (χ0n) is 10.3. The summed E-state index contributed by atoms with van der Waals surface area (Å²) in [4.78, 5) is 2.67. The Morgan fingerprint density at radius 2 is 1.93 bits per heavy atom. The first-order valence-corrected chi connectivity index (χ1v) is 6.59. The summed E-state index contributed by atoms with van der Waals surface area (Å²) in [5, 5.41) is 0. The van der Waals surface area contributed by atoms with Crippen molar-refractivity contribution in [2.45, 2.75) is 64.5 Å². The van der Waals surface area contributed by atoms with Gasteiger partial charge in [-0.3, -0.25) is 4.90 Å². The first-order valence-electron chi connectivity index (χ1n) is 6.59. The number of hydrogen-bond donors (Lipinski definition) is 1. The number of hydrogen-bond acceptors (Lipinski definition) is 2. The van der Waals surface area contributed by atoms with E-state index in [-0.39, 0.29) is 0 Å². The van der Waals surface area contributed by atoms with Crippen molar-refractivity contribution >= 4 is 0 Å². The molecule has 1 aliphatic carbocycles. The third-order valence-corrected chi connectivity index (χ3v) is 4.38. The number of nitrogens with zero attached hydrogens (tertiary/aromatic N) is 1. The molecule has 0 aromatic rings. The highest BCUT2D eigenvalue weighted by Crippen LogP contribution is 2.39. The molecule has 88 valence electrons. The Morgan fingerprint density at radius 1 is 1.13 bits per heavy atom. The Labute approximate surface area is 94.2 Å². The lowest BCUT2D eigenvalue weighted by molar-refractivity contribution is 0.0309. The second-order valence-corrected chi connectivity index (χ2v) is 6.15. The van der Waals surface area contributed by atoms with Crippen LogP contribution in [0.5, 0.6) is 0 Å². The molecule has 2 N–H and O–H groups in total. The van der Waals surface area contributed by atoms with E-state index >= 15 is 0 Å². The van der Waals surface area contributed by atoms with Gasteiger partial charge in [0.05, 0.1) is 0 Å². The van der Waals surface area contributed by atoms with Gasteiger partial charge in [0, 0.05) is 18.6 Å². The molecular formula is C13H26N2. The van der Waals surface area contributed by atoms with Crippen LogP contribution >= 0.6 is 0 Å². The molecule has 15 heavy (non-hydrogen) atoms. The van der Waals surface area contributed by atoms with Crippen LogP contribution in [0.15, 0.2) is 0 Å². The van der Waals surface area contributed by atoms with Gasteiger partial charge >= 0.3 is 0 Å². The molecule has 1 aliphatic heterocycles. The summed E-state index contributed by atoms with van der Waals surface area (Å²) >= 11 is 0. The van der Waals surface area contributed by atoms with Gasteiger partial charge in [-0.25, -0.2) is 0 Å². The first-order chi connectivity index (χ1) is 7.09. The molecule has 2 nitrogen and oxygen atoms in total. The summed E-state index contributed by atoms with van der Waals surface area (Å²) in [5.41, 5.74) is 6.59. The molecule has 0 spiro atoms. The van der Waals surface area contributed by atoms with E-state index in [0.717, 1.165) is 12.6 Å². The summed E-state index contributed by atoms with van der Waals surface area (Å²) in [7, 11) is 0. The average Bonchev–Trinajstić information content (AvgIpc) is 2.17. The van der Waals surface area contributed by atoms with E-state index in [9.17, 15) is 0 Å². The molecule has 0 aromatic heterocycles. The molecular weight excluding hydrogens is 184 g/mol. The monoisotopic (exact) mass is 210 g/mol. The maximum absolute atomic E-state index is 6.08. The van der Waals surface area contributed by atoms with Crippen LogP contribution in [0, 0.1) is 5.41 Å². The molecule has 1 saturated carbocycles. The summed E-state index contributed by atoms with van der Waals surface area (Å²) in [6.45, 7) is 7.30. The standard InChI is InChI=1S/C13H26N2/c1-13(2)8-4-3-7-12(13)15-9-5-6-11(14)10-15/h11-12H,3-10,14H2,1-2H3. The van der Waals surface area contributed by atoms with Gasteiger partial charge in [-0.15, -0.1) is 0 Å². The van der Waals surface area contributed by atoms with Gasteiger partial charge in [-0.1, -0.05) is 26.7 Å². The second kappa shape index (κ2) is 4.42. The van der Waals surface area contributed by atoms with Crippen molar-refractivity contribution in [3.05, 3.63) is 0 Å². The fourth-order valence-electron chi connectivity index (χ4n) is 3.48. The topological polar surface area (TPSA) is 29.3 Å². The number of nitrogens with two attached hydrogens (primary N) is 1. The SMILES string of the molecule is CC1(C)CCCCC1N1CCCC(N)C1. The third kappa shape index (κ3) is 2.54. The maximum Gasteiger partial charge on any atom is 0.0168 e. The Bertz CT molecular complexity index is 213. The fraction of sp³-hybridized carbons (Fsp3) is 1.00. The molecule has 2 rings (SSSR count). The van der Waals surface area contributed by atoms with E-state index in [1.807, 2.05) is 0 Å². The predicted octanol–water partition coefficient (Wildman–Crippen LogP) is 2.38. The van der Waals surface area contributed by atoms with Crippen molar-refractivity contribution in [3.63, 3.8) is 0 Å². The van der Waals surface area contributed by atoms with Gasteiger partial charge in [-0.05, 0) is 37.6 Å². The molecule has 2 aliphatic rings. The van der Waals surface area contributed by atoms with Crippen molar-refractivity contribution in [1.29, 1.82) is 0 Å². The van der Waals surface area contributed by atoms with Crippen LogP contribution in [-0.2, 0) is 0 Å². The Balaban J connectivity index is 2.01. The van der Waals surface area contributed by atoms with Gasteiger partial charge < -0.3 is 5.73 Å². The van der Waals surface area contributed by atoms with Crippen LogP contribution < -0.4 is 5.73 Å². The van der Waals surface area contributed by atoms with Crippen LogP contribution in [0.4, 0.5) is 0 Å². The van der Waals surface area contributed by atoms with Crippen LogP contribution in [0.1, 0.15) is 52.4 Å². The van der Waals surface area contributed by atoms with Crippen LogP contribution in [-0.4, -0.2) is 30.1 Å². The number of piperidine rings is 1. The lowest BCUT2D eigenvalue weighted by Gasteiger charge is -2.47. The maximum atomic E-state index is 6.08. The summed E-state index contributed by atoms with van der Waals surface area (Å²) in [6.07, 6.45) is 8.14. The highest BCUT2D eigenvalue weighted by molar-refractivity contribution is 4.92. The number of likely N-dealkylation sites (tertiary alicyclic amines) is 1. The van der Waals surface area contributed by atoms with E-state index in [1.165, 1.54) is 45.1 Å². The van der Waals surface area contributed by atoms with Gasteiger partial charge in [0.2, 0.25) is 0 Å². The molecule has 2 heteroatoms. The molecule has 0 bridgehead atoms. The minimum atomic E-state index is 0.427. The van der Waals surface area contributed by atoms with Crippen LogP contribution in [0.25, 0.3) is 0 Å². The normalized spacial score (nSPS) is 37.8. The van der Waals surface area contributed by atoms with E-state index in [0.29, 0.717) is 11.5 Å². The zero-order valence-corrected chi connectivity index (χ0v) is 10.3. The van der Waals surface area contributed by atoms with Crippen LogP contribution in [0.2, 0.25) is 0 Å². The first kappa shape index (κ1) is 11.4. The Hall–Kier alpha value is -0.0800. The lowest BCUT2D eigenvalue weighted by atomic mass is 9.72. The molecule has 2 unspecified atom stereocenters. The van der Waals surface area contributed by atoms with Crippen molar-refractivity contribution in [1.82, 2.24) is 4.90 Å². The minimum Gasteiger partial charge on any atom is -0.327 e.